The van der Waals surface area contributed by atoms with Crippen molar-refractivity contribution in [1.82, 2.24) is 10.2 Å². The van der Waals surface area contributed by atoms with E-state index in [9.17, 15) is 28.1 Å². The first-order valence-electron chi connectivity index (χ1n) is 11.4. The summed E-state index contributed by atoms with van der Waals surface area (Å²) in [6, 6.07) is 7.41. The van der Waals surface area contributed by atoms with Gasteiger partial charge < -0.3 is 10.2 Å². The van der Waals surface area contributed by atoms with Crippen LogP contribution in [0.25, 0.3) is 0 Å². The molecule has 0 heterocycles. The SMILES string of the molecule is CCC(C)NC(=O)C(C)N(Cc1ccc(Cl)c(Cl)c1)C(=O)CN(c1cc([N+](=O)[O-])ccc1C)S(C)(=O)=O. The first-order valence-corrected chi connectivity index (χ1v) is 14.0. The zero-order chi connectivity index (χ0) is 28.1. The van der Waals surface area contributed by atoms with Crippen LogP contribution in [-0.2, 0) is 26.2 Å². The maximum atomic E-state index is 13.6. The van der Waals surface area contributed by atoms with Crippen LogP contribution in [0.2, 0.25) is 10.0 Å². The summed E-state index contributed by atoms with van der Waals surface area (Å²) in [7, 11) is -4.04. The molecule has 2 rings (SSSR count). The third kappa shape index (κ3) is 8.05. The highest BCUT2D eigenvalue weighted by atomic mass is 35.5. The summed E-state index contributed by atoms with van der Waals surface area (Å²) >= 11 is 12.1. The van der Waals surface area contributed by atoms with Crippen LogP contribution in [0.1, 0.15) is 38.3 Å². The van der Waals surface area contributed by atoms with Crippen molar-refractivity contribution in [2.24, 2.45) is 0 Å². The molecule has 2 unspecified atom stereocenters. The van der Waals surface area contributed by atoms with Crippen LogP contribution < -0.4 is 9.62 Å². The van der Waals surface area contributed by atoms with Crippen molar-refractivity contribution >= 4 is 56.4 Å². The molecular formula is C24H30Cl2N4O6S. The van der Waals surface area contributed by atoms with Crippen molar-refractivity contribution in [3.63, 3.8) is 0 Å². The summed E-state index contributed by atoms with van der Waals surface area (Å²) in [5.41, 5.74) is 0.665. The van der Waals surface area contributed by atoms with Crippen LogP contribution >= 0.6 is 23.2 Å². The molecule has 2 aromatic rings. The molecule has 2 aromatic carbocycles. The minimum Gasteiger partial charge on any atom is -0.352 e. The number of carbonyl (C=O) groups excluding carboxylic acids is 2. The van der Waals surface area contributed by atoms with E-state index in [1.54, 1.807) is 25.1 Å². The molecular weight excluding hydrogens is 543 g/mol. The Balaban J connectivity index is 2.50. The van der Waals surface area contributed by atoms with Crippen LogP contribution in [0.15, 0.2) is 36.4 Å². The highest BCUT2D eigenvalue weighted by Crippen LogP contribution is 2.28. The molecule has 0 fully saturated rings. The molecule has 0 aliphatic carbocycles. The van der Waals surface area contributed by atoms with E-state index in [4.69, 9.17) is 23.2 Å². The van der Waals surface area contributed by atoms with E-state index in [0.717, 1.165) is 16.6 Å². The maximum Gasteiger partial charge on any atom is 0.271 e. The molecule has 202 valence electrons. The molecule has 0 aliphatic heterocycles. The molecule has 0 saturated heterocycles. The van der Waals surface area contributed by atoms with Gasteiger partial charge in [0.05, 0.1) is 26.9 Å². The van der Waals surface area contributed by atoms with E-state index in [1.807, 2.05) is 13.8 Å². The summed E-state index contributed by atoms with van der Waals surface area (Å²) in [4.78, 5) is 38.4. The van der Waals surface area contributed by atoms with E-state index in [2.05, 4.69) is 5.32 Å². The molecule has 0 saturated carbocycles. The van der Waals surface area contributed by atoms with Gasteiger partial charge in [0.15, 0.2) is 0 Å². The Bertz CT molecular complexity index is 1290. The van der Waals surface area contributed by atoms with E-state index in [0.29, 0.717) is 22.6 Å². The third-order valence-electron chi connectivity index (χ3n) is 5.86. The number of aryl methyl sites for hydroxylation is 1. The van der Waals surface area contributed by atoms with Gasteiger partial charge in [-0.2, -0.15) is 0 Å². The van der Waals surface area contributed by atoms with E-state index in [-0.39, 0.29) is 29.0 Å². The first-order chi connectivity index (χ1) is 17.1. The zero-order valence-electron chi connectivity index (χ0n) is 21.2. The van der Waals surface area contributed by atoms with Gasteiger partial charge in [0.2, 0.25) is 21.8 Å². The quantitative estimate of drug-likeness (QED) is 0.315. The third-order valence-corrected chi connectivity index (χ3v) is 7.72. The lowest BCUT2D eigenvalue weighted by Crippen LogP contribution is -2.52. The van der Waals surface area contributed by atoms with Gasteiger partial charge in [-0.1, -0.05) is 42.3 Å². The van der Waals surface area contributed by atoms with Crippen molar-refractivity contribution in [2.45, 2.75) is 52.7 Å². The van der Waals surface area contributed by atoms with E-state index < -0.39 is 39.3 Å². The smallest absolute Gasteiger partial charge is 0.271 e. The van der Waals surface area contributed by atoms with Gasteiger partial charge >= 0.3 is 0 Å². The number of amides is 2. The highest BCUT2D eigenvalue weighted by molar-refractivity contribution is 7.92. The van der Waals surface area contributed by atoms with Gasteiger partial charge in [-0.3, -0.25) is 24.0 Å². The number of hydrogen-bond acceptors (Lipinski definition) is 6. The number of nitrogens with one attached hydrogen (secondary N) is 1. The Hall–Kier alpha value is -2.89. The standard InChI is InChI=1S/C24H30Cl2N4O6S/c1-6-16(3)27-24(32)17(4)28(13-18-8-10-20(25)21(26)11-18)23(31)14-29(37(5,35)36)22-12-19(30(33)34)9-7-15(22)2/h7-12,16-17H,6,13-14H2,1-5H3,(H,27,32). The number of rotatable bonds is 11. The number of hydrogen-bond donors (Lipinski definition) is 1. The average molecular weight is 573 g/mol. The number of nitro benzene ring substituents is 1. The predicted octanol–water partition coefficient (Wildman–Crippen LogP) is 4.31. The number of sulfonamides is 1. The van der Waals surface area contributed by atoms with Gasteiger partial charge in [-0.15, -0.1) is 0 Å². The van der Waals surface area contributed by atoms with Crippen molar-refractivity contribution in [3.05, 3.63) is 67.7 Å². The lowest BCUT2D eigenvalue weighted by molar-refractivity contribution is -0.384. The number of non-ortho nitro benzene ring substituents is 1. The molecule has 1 N–H and O–H groups in total. The minimum atomic E-state index is -4.04. The molecule has 2 amide bonds. The van der Waals surface area contributed by atoms with Crippen LogP contribution in [0.3, 0.4) is 0 Å². The fourth-order valence-electron chi connectivity index (χ4n) is 3.46. The second-order valence-electron chi connectivity index (χ2n) is 8.76. The van der Waals surface area contributed by atoms with Crippen LogP contribution in [0.4, 0.5) is 11.4 Å². The molecule has 13 heteroatoms. The highest BCUT2D eigenvalue weighted by Gasteiger charge is 2.31. The van der Waals surface area contributed by atoms with Gasteiger partial charge in [0.25, 0.3) is 5.69 Å². The largest absolute Gasteiger partial charge is 0.352 e. The molecule has 10 nitrogen and oxygen atoms in total. The number of halogens is 2. The molecule has 2 atom stereocenters. The summed E-state index contributed by atoms with van der Waals surface area (Å²) in [5.74, 6) is -1.10. The number of benzene rings is 2. The Morgan fingerprint density at radius 2 is 1.76 bits per heavy atom. The Morgan fingerprint density at radius 3 is 2.30 bits per heavy atom. The summed E-state index contributed by atoms with van der Waals surface area (Å²) < 4.78 is 26.3. The molecule has 0 bridgehead atoms. The predicted molar refractivity (Wildman–Crippen MR) is 144 cm³/mol. The maximum absolute atomic E-state index is 13.6. The molecule has 0 radical (unpaired) electrons. The first kappa shape index (κ1) is 30.3. The van der Waals surface area contributed by atoms with Crippen LogP contribution in [-0.4, -0.2) is 54.9 Å². The van der Waals surface area contributed by atoms with Crippen molar-refractivity contribution in [2.75, 3.05) is 17.1 Å². The Labute approximate surface area is 226 Å². The molecule has 37 heavy (non-hydrogen) atoms. The van der Waals surface area contributed by atoms with Crippen molar-refractivity contribution in [3.8, 4) is 0 Å². The number of anilines is 1. The lowest BCUT2D eigenvalue weighted by atomic mass is 10.1. The molecule has 0 aliphatic rings. The fraction of sp³-hybridized carbons (Fsp3) is 0.417. The number of nitrogens with zero attached hydrogens (tertiary/aromatic N) is 3. The van der Waals surface area contributed by atoms with Gasteiger partial charge in [0, 0.05) is 24.7 Å². The fourth-order valence-corrected chi connectivity index (χ4v) is 4.68. The number of nitro groups is 1. The van der Waals surface area contributed by atoms with E-state index >= 15 is 0 Å². The van der Waals surface area contributed by atoms with E-state index in [1.165, 1.54) is 24.0 Å². The lowest BCUT2D eigenvalue weighted by Gasteiger charge is -2.32. The van der Waals surface area contributed by atoms with Crippen molar-refractivity contribution < 1.29 is 22.9 Å². The Morgan fingerprint density at radius 1 is 1.11 bits per heavy atom. The second kappa shape index (κ2) is 12.6. The monoisotopic (exact) mass is 572 g/mol. The normalized spacial score (nSPS) is 12.9. The van der Waals surface area contributed by atoms with Gasteiger partial charge in [-0.05, 0) is 50.5 Å². The second-order valence-corrected chi connectivity index (χ2v) is 11.5. The van der Waals surface area contributed by atoms with Gasteiger partial charge in [0.1, 0.15) is 12.6 Å². The molecule has 0 aromatic heterocycles. The molecule has 0 spiro atoms. The summed E-state index contributed by atoms with van der Waals surface area (Å²) in [6.07, 6.45) is 1.58. The van der Waals surface area contributed by atoms with Gasteiger partial charge in [-0.25, -0.2) is 8.42 Å². The number of carbonyl (C=O) groups is 2. The topological polar surface area (TPSA) is 130 Å². The summed E-state index contributed by atoms with van der Waals surface area (Å²) in [5, 5.41) is 14.7. The zero-order valence-corrected chi connectivity index (χ0v) is 23.5. The summed E-state index contributed by atoms with van der Waals surface area (Å²) in [6.45, 7) is 6.11. The minimum absolute atomic E-state index is 0.00347. The Kier molecular flexibility index (Phi) is 10.3. The van der Waals surface area contributed by atoms with Crippen LogP contribution in [0.5, 0.6) is 0 Å². The van der Waals surface area contributed by atoms with Crippen molar-refractivity contribution in [1.29, 1.82) is 0 Å². The average Bonchev–Trinajstić information content (AvgIpc) is 2.82. The van der Waals surface area contributed by atoms with Crippen LogP contribution in [0, 0.1) is 17.0 Å².